The fourth-order valence-electron chi connectivity index (χ4n) is 1.60. The summed E-state index contributed by atoms with van der Waals surface area (Å²) < 4.78 is 23.7. The largest absolute Gasteiger partial charge is 0.490 e. The number of nitro groups is 1. The molecule has 0 radical (unpaired) electrons. The fraction of sp³-hybridized carbons (Fsp3) is 0.0769. The first-order valence-electron chi connectivity index (χ1n) is 5.47. The van der Waals surface area contributed by atoms with Crippen molar-refractivity contribution in [1.82, 2.24) is 0 Å². The Morgan fingerprint density at radius 2 is 1.95 bits per heavy atom. The summed E-state index contributed by atoms with van der Waals surface area (Å²) in [7, 11) is 1.33. The van der Waals surface area contributed by atoms with Crippen LogP contribution >= 0.6 is 15.9 Å². The lowest BCUT2D eigenvalue weighted by molar-refractivity contribution is -0.386. The van der Waals surface area contributed by atoms with Crippen molar-refractivity contribution in [3.8, 4) is 17.2 Å². The van der Waals surface area contributed by atoms with E-state index in [-0.39, 0.29) is 27.4 Å². The highest BCUT2D eigenvalue weighted by Crippen LogP contribution is 2.39. The predicted molar refractivity (Wildman–Crippen MR) is 73.8 cm³/mol. The van der Waals surface area contributed by atoms with Crippen LogP contribution in [0.15, 0.2) is 40.9 Å². The number of hydrogen-bond acceptors (Lipinski definition) is 4. The van der Waals surface area contributed by atoms with Gasteiger partial charge in [0.25, 0.3) is 0 Å². The number of nitrogens with zero attached hydrogens (tertiary/aromatic N) is 1. The van der Waals surface area contributed by atoms with Gasteiger partial charge in [-0.3, -0.25) is 10.1 Å². The molecule has 0 N–H and O–H groups in total. The number of para-hydroxylation sites is 1. The minimum atomic E-state index is -0.591. The van der Waals surface area contributed by atoms with Crippen molar-refractivity contribution >= 4 is 21.6 Å². The van der Waals surface area contributed by atoms with E-state index in [2.05, 4.69) is 15.9 Å². The molecule has 0 aliphatic carbocycles. The third kappa shape index (κ3) is 2.88. The Bertz CT molecular complexity index is 663. The summed E-state index contributed by atoms with van der Waals surface area (Å²) in [5, 5.41) is 11.1. The molecule has 2 rings (SSSR count). The molecule has 0 fully saturated rings. The fourth-order valence-corrected chi connectivity index (χ4v) is 1.95. The maximum atomic E-state index is 13.1. The van der Waals surface area contributed by atoms with Crippen molar-refractivity contribution in [2.45, 2.75) is 0 Å². The van der Waals surface area contributed by atoms with Crippen LogP contribution < -0.4 is 9.47 Å². The standard InChI is InChI=1S/C13H9BrFNO4/c1-19-11-3-2-4-12(13(11)16(17)18)20-8-5-6-10(15)9(14)7-8/h2-7H,1H3. The molecule has 0 amide bonds. The van der Waals surface area contributed by atoms with Crippen molar-refractivity contribution in [3.63, 3.8) is 0 Å². The Hall–Kier alpha value is -2.15. The Kier molecular flexibility index (Phi) is 4.19. The van der Waals surface area contributed by atoms with E-state index in [4.69, 9.17) is 9.47 Å². The van der Waals surface area contributed by atoms with E-state index in [9.17, 15) is 14.5 Å². The molecule has 0 spiro atoms. The maximum Gasteiger partial charge on any atom is 0.352 e. The summed E-state index contributed by atoms with van der Waals surface area (Å²) in [6, 6.07) is 8.44. The molecule has 0 saturated heterocycles. The number of methoxy groups -OCH3 is 1. The van der Waals surface area contributed by atoms with Gasteiger partial charge < -0.3 is 9.47 Å². The van der Waals surface area contributed by atoms with E-state index in [1.807, 2.05) is 0 Å². The zero-order valence-corrected chi connectivity index (χ0v) is 11.9. The predicted octanol–water partition coefficient (Wildman–Crippen LogP) is 4.30. The molecule has 5 nitrogen and oxygen atoms in total. The first kappa shape index (κ1) is 14.3. The van der Waals surface area contributed by atoms with E-state index in [1.54, 1.807) is 6.07 Å². The average Bonchev–Trinajstić information content (AvgIpc) is 2.42. The SMILES string of the molecule is COc1cccc(Oc2ccc(F)c(Br)c2)c1[N+](=O)[O-]. The minimum Gasteiger partial charge on any atom is -0.490 e. The molecule has 0 saturated carbocycles. The van der Waals surface area contributed by atoms with Crippen LogP contribution in [0.4, 0.5) is 10.1 Å². The lowest BCUT2D eigenvalue weighted by Crippen LogP contribution is -1.97. The molecule has 104 valence electrons. The van der Waals surface area contributed by atoms with Gasteiger partial charge in [0.1, 0.15) is 11.6 Å². The molecule has 0 aromatic heterocycles. The summed E-state index contributed by atoms with van der Waals surface area (Å²) in [6.45, 7) is 0. The molecule has 2 aromatic carbocycles. The van der Waals surface area contributed by atoms with Gasteiger partial charge in [-0.1, -0.05) is 6.07 Å². The van der Waals surface area contributed by atoms with Crippen LogP contribution in [0.2, 0.25) is 0 Å². The number of nitro benzene ring substituents is 1. The lowest BCUT2D eigenvalue weighted by atomic mass is 10.2. The molecule has 20 heavy (non-hydrogen) atoms. The zero-order chi connectivity index (χ0) is 14.7. The highest BCUT2D eigenvalue weighted by molar-refractivity contribution is 9.10. The van der Waals surface area contributed by atoms with Crippen LogP contribution in [-0.4, -0.2) is 12.0 Å². The number of ether oxygens (including phenoxy) is 2. The van der Waals surface area contributed by atoms with Gasteiger partial charge in [0.15, 0.2) is 0 Å². The van der Waals surface area contributed by atoms with Crippen LogP contribution in [0.3, 0.4) is 0 Å². The normalized spacial score (nSPS) is 10.2. The highest BCUT2D eigenvalue weighted by atomic mass is 79.9. The summed E-state index contributed by atoms with van der Waals surface area (Å²) in [5.74, 6) is -0.0614. The van der Waals surface area contributed by atoms with Crippen LogP contribution in [0.5, 0.6) is 17.2 Å². The van der Waals surface area contributed by atoms with Crippen molar-refractivity contribution in [2.24, 2.45) is 0 Å². The number of hydrogen-bond donors (Lipinski definition) is 0. The summed E-state index contributed by atoms with van der Waals surface area (Å²) in [6.07, 6.45) is 0. The van der Waals surface area contributed by atoms with Crippen LogP contribution in [0.25, 0.3) is 0 Å². The smallest absolute Gasteiger partial charge is 0.352 e. The first-order valence-corrected chi connectivity index (χ1v) is 6.26. The summed E-state index contributed by atoms with van der Waals surface area (Å²) in [4.78, 5) is 10.5. The van der Waals surface area contributed by atoms with Gasteiger partial charge in [-0.25, -0.2) is 4.39 Å². The molecular weight excluding hydrogens is 333 g/mol. The van der Waals surface area contributed by atoms with Gasteiger partial charge in [0.05, 0.1) is 16.5 Å². The van der Waals surface area contributed by atoms with Gasteiger partial charge in [0, 0.05) is 0 Å². The summed E-state index contributed by atoms with van der Waals surface area (Å²) in [5.41, 5.74) is -0.282. The van der Waals surface area contributed by atoms with Gasteiger partial charge in [-0.05, 0) is 46.3 Å². The van der Waals surface area contributed by atoms with Crippen molar-refractivity contribution < 1.29 is 18.8 Å². The van der Waals surface area contributed by atoms with Gasteiger partial charge in [-0.15, -0.1) is 0 Å². The zero-order valence-electron chi connectivity index (χ0n) is 10.3. The van der Waals surface area contributed by atoms with E-state index >= 15 is 0 Å². The second-order valence-corrected chi connectivity index (χ2v) is 4.60. The molecule has 0 aliphatic rings. The molecule has 0 heterocycles. The molecule has 0 bridgehead atoms. The number of halogens is 2. The quantitative estimate of drug-likeness (QED) is 0.614. The minimum absolute atomic E-state index is 0.0212. The number of benzene rings is 2. The molecule has 0 atom stereocenters. The Morgan fingerprint density at radius 1 is 1.25 bits per heavy atom. The Morgan fingerprint density at radius 3 is 2.55 bits per heavy atom. The Balaban J connectivity index is 2.42. The van der Waals surface area contributed by atoms with E-state index in [0.717, 1.165) is 0 Å². The maximum absolute atomic E-state index is 13.1. The van der Waals surface area contributed by atoms with Crippen LogP contribution in [0.1, 0.15) is 0 Å². The van der Waals surface area contributed by atoms with Gasteiger partial charge >= 0.3 is 5.69 Å². The molecule has 7 heteroatoms. The first-order chi connectivity index (χ1) is 9.52. The average molecular weight is 342 g/mol. The van der Waals surface area contributed by atoms with Crippen LogP contribution in [-0.2, 0) is 0 Å². The van der Waals surface area contributed by atoms with Crippen molar-refractivity contribution in [2.75, 3.05) is 7.11 Å². The Labute approximate surface area is 122 Å². The third-order valence-corrected chi connectivity index (χ3v) is 3.09. The van der Waals surface area contributed by atoms with Crippen molar-refractivity contribution in [3.05, 3.63) is 56.8 Å². The topological polar surface area (TPSA) is 61.6 Å². The van der Waals surface area contributed by atoms with E-state index in [0.29, 0.717) is 0 Å². The second kappa shape index (κ2) is 5.87. The monoisotopic (exact) mass is 341 g/mol. The second-order valence-electron chi connectivity index (χ2n) is 3.74. The molecule has 0 unspecified atom stereocenters. The van der Waals surface area contributed by atoms with E-state index < -0.39 is 10.7 Å². The number of rotatable bonds is 4. The highest BCUT2D eigenvalue weighted by Gasteiger charge is 2.22. The van der Waals surface area contributed by atoms with Gasteiger partial charge in [0.2, 0.25) is 11.5 Å². The third-order valence-electron chi connectivity index (χ3n) is 2.48. The summed E-state index contributed by atoms with van der Waals surface area (Å²) >= 11 is 3.02. The molecule has 0 aliphatic heterocycles. The van der Waals surface area contributed by atoms with E-state index in [1.165, 1.54) is 37.4 Å². The molecular formula is C13H9BrFNO4. The lowest BCUT2D eigenvalue weighted by Gasteiger charge is -2.09. The van der Waals surface area contributed by atoms with Gasteiger partial charge in [-0.2, -0.15) is 0 Å². The molecule has 2 aromatic rings. The van der Waals surface area contributed by atoms with Crippen LogP contribution in [0, 0.1) is 15.9 Å². The van der Waals surface area contributed by atoms with Crippen molar-refractivity contribution in [1.29, 1.82) is 0 Å².